The number of pyridine rings is 4. The molecule has 0 aliphatic carbocycles. The Labute approximate surface area is 733 Å². The Kier molecular flexibility index (Phi) is 29.7. The molecular formula is C95H83Cl2F7N10O13. The molecule has 15 aromatic rings. The largest absolute Gasteiger partial charge is 0.473 e. The molecule has 0 aliphatic heterocycles. The predicted octanol–water partition coefficient (Wildman–Crippen LogP) is 19.2. The van der Waals surface area contributed by atoms with Gasteiger partial charge >= 0.3 is 17.9 Å². The lowest BCUT2D eigenvalue weighted by molar-refractivity contribution is 0.0592. The second-order valence-electron chi connectivity index (χ2n) is 28.9. The Hall–Kier alpha value is -13.7. The van der Waals surface area contributed by atoms with Gasteiger partial charge in [0.2, 0.25) is 17.6 Å². The average Bonchev–Trinajstić information content (AvgIpc) is 1.58. The molecular weight excluding hydrogens is 1690 g/mol. The number of aryl methyl sites for hydroxylation is 1. The molecule has 2 unspecified atom stereocenters. The highest BCUT2D eigenvalue weighted by atomic mass is 35.5. The van der Waals surface area contributed by atoms with E-state index in [4.69, 9.17) is 70.8 Å². The third-order valence-corrected chi connectivity index (χ3v) is 21.3. The van der Waals surface area contributed by atoms with Crippen molar-refractivity contribution in [2.45, 2.75) is 71.6 Å². The lowest BCUT2D eigenvalue weighted by Gasteiger charge is -2.18. The molecule has 2 atom stereocenters. The molecule has 7 aromatic heterocycles. The van der Waals surface area contributed by atoms with Crippen LogP contribution < -0.4 is 19.8 Å². The first-order valence-corrected chi connectivity index (χ1v) is 40.3. The number of carbonyl (C=O) groups is 3. The summed E-state index contributed by atoms with van der Waals surface area (Å²) in [6, 6.07) is 48.3. The number of methoxy groups -OCH3 is 6. The maximum atomic E-state index is 15.6. The summed E-state index contributed by atoms with van der Waals surface area (Å²) in [6.07, 6.45) is 3.02. The summed E-state index contributed by atoms with van der Waals surface area (Å²) >= 11 is 11.7. The smallest absolute Gasteiger partial charge is 0.337 e. The summed E-state index contributed by atoms with van der Waals surface area (Å²) in [7, 11) is 10.3. The SMILES string of the molecule is COCCn1c(Cc2c(F)cc(-c3cccnc3OC(C)c3ccc(Cl)cc3F)cc2F)nc2ccc(C(=O)OC)cc21.COCCn1c(Cc2c(F)cc(-c3cccnc3OC(C)c3ccc(Cl)cc3F)cc2F)nc2ccc(C(=O)OC)cc21.COCCn1c(Cc2ccc(-c3cccc(OCc4cccn(C)c4=O)n3)cc2F)nc2ccc(C(=O)OC)cc21. The minimum absolute atomic E-state index is 0.0719. The molecule has 8 aromatic carbocycles. The van der Waals surface area contributed by atoms with Crippen molar-refractivity contribution in [1.29, 1.82) is 0 Å². The molecule has 15 rings (SSSR count). The number of hydrogen-bond acceptors (Lipinski definition) is 19. The van der Waals surface area contributed by atoms with Gasteiger partial charge in [0.25, 0.3) is 5.56 Å². The highest BCUT2D eigenvalue weighted by Crippen LogP contribution is 2.39. The standard InChI is InChI=1S/2C32H27ClF3N3O4.C31H29FN4O5/c2*1-18(22-8-7-21(33)16-27(22)36)43-31-23(5-4-10-37-31)20-13-25(34)24(26(35)14-20)17-30-38-28-9-6-19(32(40)42-3)15-29(28)39(30)11-12-41-2;1-35-13-5-6-23(30(35)37)19-41-29-8-4-7-25(34-29)21-10-9-20(24(32)16-21)18-28-33-26-12-11-22(31(38)40-3)17-27(26)36(28)14-15-39-2/h2*4-10,13-16,18H,11-12,17H2,1-3H3;4-13,16-17H,14-15,18-19H2,1-3H3. The molecule has 32 heteroatoms. The van der Waals surface area contributed by atoms with E-state index in [9.17, 15) is 28.0 Å². The van der Waals surface area contributed by atoms with E-state index in [-0.39, 0.29) is 86.6 Å². The van der Waals surface area contributed by atoms with Crippen LogP contribution in [0, 0.1) is 40.7 Å². The summed E-state index contributed by atoms with van der Waals surface area (Å²) in [6.45, 7) is 5.57. The van der Waals surface area contributed by atoms with Crippen molar-refractivity contribution in [3.63, 3.8) is 0 Å². The van der Waals surface area contributed by atoms with Crippen molar-refractivity contribution < 1.29 is 87.7 Å². The molecule has 0 saturated carbocycles. The van der Waals surface area contributed by atoms with Gasteiger partial charge in [-0.05, 0) is 182 Å². The second-order valence-corrected chi connectivity index (χ2v) is 29.8. The van der Waals surface area contributed by atoms with E-state index in [1.807, 2.05) is 4.57 Å². The highest BCUT2D eigenvalue weighted by Gasteiger charge is 2.27. The van der Waals surface area contributed by atoms with Gasteiger partial charge in [0.05, 0.1) is 102 Å². The molecule has 0 N–H and O–H groups in total. The molecule has 0 radical (unpaired) electrons. The fraction of sp³-hybridized carbons (Fsp3) is 0.221. The molecule has 0 bridgehead atoms. The van der Waals surface area contributed by atoms with Crippen LogP contribution in [-0.2, 0) is 81.0 Å². The van der Waals surface area contributed by atoms with E-state index < -0.39 is 70.8 Å². The summed E-state index contributed by atoms with van der Waals surface area (Å²) in [5.41, 5.74) is 7.95. The monoisotopic (exact) mass is 1770 g/mol. The number of hydrogen-bond donors (Lipinski definition) is 0. The van der Waals surface area contributed by atoms with Gasteiger partial charge in [-0.1, -0.05) is 53.5 Å². The number of rotatable bonds is 30. The van der Waals surface area contributed by atoms with Crippen LogP contribution >= 0.6 is 23.2 Å². The van der Waals surface area contributed by atoms with E-state index in [0.717, 1.165) is 5.52 Å². The van der Waals surface area contributed by atoms with Gasteiger partial charge in [0, 0.05) is 141 Å². The molecule has 0 amide bonds. The van der Waals surface area contributed by atoms with Crippen LogP contribution in [0.25, 0.3) is 66.6 Å². The third kappa shape index (κ3) is 21.3. The third-order valence-electron chi connectivity index (χ3n) is 20.8. The lowest BCUT2D eigenvalue weighted by Crippen LogP contribution is -2.21. The first kappa shape index (κ1) is 91.1. The summed E-state index contributed by atoms with van der Waals surface area (Å²) in [5, 5.41) is 0.497. The summed E-state index contributed by atoms with van der Waals surface area (Å²) in [4.78, 5) is 75.4. The van der Waals surface area contributed by atoms with Gasteiger partial charge < -0.3 is 60.9 Å². The van der Waals surface area contributed by atoms with Crippen LogP contribution in [0.2, 0.25) is 10.0 Å². The molecule has 23 nitrogen and oxygen atoms in total. The Bertz CT molecular complexity index is 6340. The van der Waals surface area contributed by atoms with E-state index >= 15 is 22.0 Å². The minimum atomic E-state index is -0.790. The molecule has 0 saturated heterocycles. The van der Waals surface area contributed by atoms with Crippen LogP contribution in [0.15, 0.2) is 211 Å². The van der Waals surface area contributed by atoms with Gasteiger partial charge in [0.15, 0.2) is 0 Å². The fourth-order valence-electron chi connectivity index (χ4n) is 14.2. The van der Waals surface area contributed by atoms with Crippen molar-refractivity contribution in [3.05, 3.63) is 335 Å². The van der Waals surface area contributed by atoms with E-state index in [0.29, 0.717) is 141 Å². The van der Waals surface area contributed by atoms with Gasteiger partial charge in [-0.2, -0.15) is 0 Å². The predicted molar refractivity (Wildman–Crippen MR) is 463 cm³/mol. The van der Waals surface area contributed by atoms with Gasteiger partial charge in [0.1, 0.15) is 77.0 Å². The van der Waals surface area contributed by atoms with Crippen molar-refractivity contribution in [3.8, 4) is 51.2 Å². The first-order valence-electron chi connectivity index (χ1n) is 39.6. The highest BCUT2D eigenvalue weighted by molar-refractivity contribution is 6.30. The van der Waals surface area contributed by atoms with E-state index in [1.165, 1.54) is 92.9 Å². The van der Waals surface area contributed by atoms with Crippen molar-refractivity contribution in [2.75, 3.05) is 62.5 Å². The van der Waals surface area contributed by atoms with Crippen LogP contribution in [0.3, 0.4) is 0 Å². The molecule has 0 spiro atoms. The van der Waals surface area contributed by atoms with Crippen LogP contribution in [0.5, 0.6) is 17.6 Å². The zero-order valence-corrected chi connectivity index (χ0v) is 71.5. The van der Waals surface area contributed by atoms with Gasteiger partial charge in [-0.25, -0.2) is 75.0 Å². The molecule has 7 heterocycles. The zero-order chi connectivity index (χ0) is 90.3. The van der Waals surface area contributed by atoms with Gasteiger partial charge in [-0.15, -0.1) is 0 Å². The second kappa shape index (κ2) is 41.4. The number of esters is 3. The zero-order valence-electron chi connectivity index (χ0n) is 70.0. The van der Waals surface area contributed by atoms with E-state index in [2.05, 4.69) is 24.9 Å². The first-order chi connectivity index (χ1) is 61.3. The molecule has 0 aliphatic rings. The fourth-order valence-corrected chi connectivity index (χ4v) is 14.6. The van der Waals surface area contributed by atoms with Crippen molar-refractivity contribution in [1.82, 2.24) is 48.2 Å². The Morgan fingerprint density at radius 3 is 1.24 bits per heavy atom. The Morgan fingerprint density at radius 1 is 0.417 bits per heavy atom. The van der Waals surface area contributed by atoms with Crippen LogP contribution in [-0.4, -0.2) is 129 Å². The van der Waals surface area contributed by atoms with Crippen LogP contribution in [0.4, 0.5) is 30.7 Å². The number of aromatic nitrogens is 10. The number of benzene rings is 8. The number of nitrogens with zero attached hydrogens (tertiary/aromatic N) is 10. The number of ether oxygens (including phenoxy) is 9. The number of halogens is 9. The maximum Gasteiger partial charge on any atom is 0.337 e. The van der Waals surface area contributed by atoms with Crippen molar-refractivity contribution >= 4 is 74.2 Å². The molecule has 654 valence electrons. The molecule has 0 fully saturated rings. The van der Waals surface area contributed by atoms with Gasteiger partial charge in [-0.3, -0.25) is 4.79 Å². The molecule has 127 heavy (non-hydrogen) atoms. The Balaban J connectivity index is 0.000000163. The van der Waals surface area contributed by atoms with Crippen LogP contribution in [0.1, 0.15) is 108 Å². The number of carbonyl (C=O) groups excluding carboxylic acids is 3. The summed E-state index contributed by atoms with van der Waals surface area (Å²) in [5.74, 6) is -4.19. The topological polar surface area (TPSA) is 248 Å². The normalized spacial score (nSPS) is 11.7. The maximum absolute atomic E-state index is 15.6. The quantitative estimate of drug-likeness (QED) is 0.0230. The Morgan fingerprint density at radius 2 is 0.835 bits per heavy atom. The number of fused-ring (bicyclic) bond motifs is 3. The average molecular weight is 1780 g/mol. The summed E-state index contributed by atoms with van der Waals surface area (Å²) < 4.78 is 162. The lowest BCUT2D eigenvalue weighted by atomic mass is 10.0. The van der Waals surface area contributed by atoms with E-state index in [1.54, 1.807) is 191 Å². The number of imidazole rings is 3. The van der Waals surface area contributed by atoms with Crippen molar-refractivity contribution in [2.24, 2.45) is 7.05 Å². The minimum Gasteiger partial charge on any atom is -0.473 e.